The molecule has 3 heteroatoms. The first-order valence-electron chi connectivity index (χ1n) is 4.37. The highest BCUT2D eigenvalue weighted by atomic mass is 14.9. The van der Waals surface area contributed by atoms with E-state index in [-0.39, 0.29) is 0 Å². The number of rotatable bonds is 2. The molecule has 1 aromatic rings. The van der Waals surface area contributed by atoms with Crippen molar-refractivity contribution >= 4 is 0 Å². The summed E-state index contributed by atoms with van der Waals surface area (Å²) < 4.78 is 0. The van der Waals surface area contributed by atoms with Crippen LogP contribution in [0.25, 0.3) is 0 Å². The van der Waals surface area contributed by atoms with Gasteiger partial charge in [0.25, 0.3) is 0 Å². The summed E-state index contributed by atoms with van der Waals surface area (Å²) in [6, 6.07) is 0. The van der Waals surface area contributed by atoms with Crippen LogP contribution in [0.4, 0.5) is 0 Å². The second-order valence-corrected chi connectivity index (χ2v) is 4.12. The van der Waals surface area contributed by atoms with Crippen LogP contribution in [0.5, 0.6) is 0 Å². The molecule has 1 saturated carbocycles. The molecule has 2 rings (SSSR count). The van der Waals surface area contributed by atoms with E-state index >= 15 is 0 Å². The second-order valence-electron chi connectivity index (χ2n) is 4.12. The van der Waals surface area contributed by atoms with Crippen molar-refractivity contribution in [2.24, 2.45) is 17.1 Å². The molecule has 2 atom stereocenters. The lowest BCUT2D eigenvalue weighted by Gasteiger charge is -1.98. The SMILES string of the molecule is CC1(C)[C@H](CN)[C@H]1c1ncc[nH]1. The van der Waals surface area contributed by atoms with Crippen LogP contribution in [0.15, 0.2) is 12.4 Å². The van der Waals surface area contributed by atoms with Crippen LogP contribution in [-0.2, 0) is 0 Å². The van der Waals surface area contributed by atoms with Gasteiger partial charge in [0.15, 0.2) is 0 Å². The molecule has 1 heterocycles. The number of imidazole rings is 1. The number of hydrogen-bond donors (Lipinski definition) is 2. The Bertz CT molecular complexity index is 263. The summed E-state index contributed by atoms with van der Waals surface area (Å²) in [7, 11) is 0. The molecule has 0 amide bonds. The fourth-order valence-electron chi connectivity index (χ4n) is 2.17. The van der Waals surface area contributed by atoms with Crippen molar-refractivity contribution in [2.75, 3.05) is 6.54 Å². The summed E-state index contributed by atoms with van der Waals surface area (Å²) in [6.45, 7) is 5.26. The minimum Gasteiger partial charge on any atom is -0.348 e. The van der Waals surface area contributed by atoms with Gasteiger partial charge in [0.2, 0.25) is 0 Å². The van der Waals surface area contributed by atoms with Gasteiger partial charge >= 0.3 is 0 Å². The Labute approximate surface area is 72.4 Å². The Morgan fingerprint density at radius 2 is 2.42 bits per heavy atom. The monoisotopic (exact) mass is 165 g/mol. The van der Waals surface area contributed by atoms with Gasteiger partial charge < -0.3 is 10.7 Å². The number of H-pyrrole nitrogens is 1. The van der Waals surface area contributed by atoms with Gasteiger partial charge in [0.05, 0.1) is 0 Å². The molecular formula is C9H15N3. The zero-order valence-corrected chi connectivity index (χ0v) is 7.54. The molecule has 0 aromatic carbocycles. The van der Waals surface area contributed by atoms with Crippen molar-refractivity contribution in [1.29, 1.82) is 0 Å². The molecule has 3 nitrogen and oxygen atoms in total. The molecule has 0 bridgehead atoms. The highest BCUT2D eigenvalue weighted by Crippen LogP contribution is 2.62. The summed E-state index contributed by atoms with van der Waals surface area (Å²) in [5, 5.41) is 0. The van der Waals surface area contributed by atoms with Crippen molar-refractivity contribution < 1.29 is 0 Å². The molecule has 1 aliphatic carbocycles. The number of aromatic nitrogens is 2. The van der Waals surface area contributed by atoms with E-state index in [1.165, 1.54) is 0 Å². The van der Waals surface area contributed by atoms with Crippen LogP contribution in [0, 0.1) is 11.3 Å². The molecule has 1 fully saturated rings. The van der Waals surface area contributed by atoms with E-state index in [2.05, 4.69) is 23.8 Å². The minimum absolute atomic E-state index is 0.340. The Balaban J connectivity index is 2.19. The summed E-state index contributed by atoms with van der Waals surface area (Å²) in [5.41, 5.74) is 6.00. The highest BCUT2D eigenvalue weighted by molar-refractivity contribution is 5.21. The number of nitrogens with zero attached hydrogens (tertiary/aromatic N) is 1. The van der Waals surface area contributed by atoms with Crippen molar-refractivity contribution in [1.82, 2.24) is 9.97 Å². The Morgan fingerprint density at radius 3 is 2.83 bits per heavy atom. The lowest BCUT2D eigenvalue weighted by atomic mass is 10.1. The van der Waals surface area contributed by atoms with Gasteiger partial charge in [-0.05, 0) is 17.9 Å². The number of nitrogens with one attached hydrogen (secondary N) is 1. The van der Waals surface area contributed by atoms with Crippen molar-refractivity contribution in [3.63, 3.8) is 0 Å². The summed E-state index contributed by atoms with van der Waals surface area (Å²) in [5.74, 6) is 2.23. The van der Waals surface area contributed by atoms with E-state index in [9.17, 15) is 0 Å². The molecule has 0 spiro atoms. The number of nitrogens with two attached hydrogens (primary N) is 1. The minimum atomic E-state index is 0.340. The maximum atomic E-state index is 5.66. The molecule has 0 unspecified atom stereocenters. The van der Waals surface area contributed by atoms with Crippen molar-refractivity contribution in [3.8, 4) is 0 Å². The van der Waals surface area contributed by atoms with Gasteiger partial charge in [-0.2, -0.15) is 0 Å². The van der Waals surface area contributed by atoms with Gasteiger partial charge in [0, 0.05) is 18.3 Å². The van der Waals surface area contributed by atoms with Gasteiger partial charge in [-0.15, -0.1) is 0 Å². The van der Waals surface area contributed by atoms with Gasteiger partial charge in [-0.1, -0.05) is 13.8 Å². The predicted molar refractivity (Wildman–Crippen MR) is 47.7 cm³/mol. The van der Waals surface area contributed by atoms with Crippen LogP contribution < -0.4 is 5.73 Å². The summed E-state index contributed by atoms with van der Waals surface area (Å²) in [4.78, 5) is 7.41. The van der Waals surface area contributed by atoms with Crippen molar-refractivity contribution in [2.45, 2.75) is 19.8 Å². The van der Waals surface area contributed by atoms with E-state index in [0.717, 1.165) is 12.4 Å². The van der Waals surface area contributed by atoms with E-state index in [4.69, 9.17) is 5.73 Å². The first-order chi connectivity index (χ1) is 5.68. The van der Waals surface area contributed by atoms with Gasteiger partial charge in [-0.25, -0.2) is 4.98 Å². The molecule has 0 radical (unpaired) electrons. The van der Waals surface area contributed by atoms with Crippen LogP contribution in [0.1, 0.15) is 25.6 Å². The largest absolute Gasteiger partial charge is 0.348 e. The third kappa shape index (κ3) is 0.894. The third-order valence-corrected chi connectivity index (χ3v) is 3.12. The molecule has 0 aliphatic heterocycles. The Morgan fingerprint density at radius 1 is 1.67 bits per heavy atom. The van der Waals surface area contributed by atoms with Crippen LogP contribution in [0.3, 0.4) is 0 Å². The molecule has 3 N–H and O–H groups in total. The Hall–Kier alpha value is -0.830. The average molecular weight is 165 g/mol. The van der Waals surface area contributed by atoms with E-state index < -0.39 is 0 Å². The lowest BCUT2D eigenvalue weighted by molar-refractivity contribution is 0.556. The fourth-order valence-corrected chi connectivity index (χ4v) is 2.17. The average Bonchev–Trinajstić information content (AvgIpc) is 2.50. The topological polar surface area (TPSA) is 54.7 Å². The van der Waals surface area contributed by atoms with Crippen LogP contribution >= 0.6 is 0 Å². The first-order valence-corrected chi connectivity index (χ1v) is 4.37. The highest BCUT2D eigenvalue weighted by Gasteiger charge is 2.58. The number of hydrogen-bond acceptors (Lipinski definition) is 2. The molecule has 66 valence electrons. The van der Waals surface area contributed by atoms with E-state index in [1.54, 1.807) is 6.20 Å². The molecule has 0 saturated heterocycles. The maximum Gasteiger partial charge on any atom is 0.110 e. The molecule has 1 aromatic heterocycles. The van der Waals surface area contributed by atoms with E-state index in [0.29, 0.717) is 17.3 Å². The van der Waals surface area contributed by atoms with Gasteiger partial charge in [0.1, 0.15) is 5.82 Å². The molecular weight excluding hydrogens is 150 g/mol. The molecule has 12 heavy (non-hydrogen) atoms. The fraction of sp³-hybridized carbons (Fsp3) is 0.667. The van der Waals surface area contributed by atoms with Crippen molar-refractivity contribution in [3.05, 3.63) is 18.2 Å². The smallest absolute Gasteiger partial charge is 0.110 e. The summed E-state index contributed by atoms with van der Waals surface area (Å²) >= 11 is 0. The standard InChI is InChI=1S/C9H15N3/c1-9(2)6(5-10)7(9)8-11-3-4-12-8/h3-4,6-7H,5,10H2,1-2H3,(H,11,12)/t6-,7+/m1/s1. The molecule has 1 aliphatic rings. The second kappa shape index (κ2) is 2.33. The quantitative estimate of drug-likeness (QED) is 0.689. The normalized spacial score (nSPS) is 31.9. The van der Waals surface area contributed by atoms with Gasteiger partial charge in [-0.3, -0.25) is 0 Å². The van der Waals surface area contributed by atoms with Crippen LogP contribution in [-0.4, -0.2) is 16.5 Å². The summed E-state index contributed by atoms with van der Waals surface area (Å²) in [6.07, 6.45) is 3.68. The van der Waals surface area contributed by atoms with E-state index in [1.807, 2.05) is 6.20 Å². The first kappa shape index (κ1) is 7.80. The third-order valence-electron chi connectivity index (χ3n) is 3.12. The predicted octanol–water partition coefficient (Wildman–Crippen LogP) is 1.11. The lowest BCUT2D eigenvalue weighted by Crippen LogP contribution is -2.05. The van der Waals surface area contributed by atoms with Crippen LogP contribution in [0.2, 0.25) is 0 Å². The zero-order valence-electron chi connectivity index (χ0n) is 7.54. The maximum absolute atomic E-state index is 5.66. The number of aromatic amines is 1. The Kier molecular flexibility index (Phi) is 1.51. The zero-order chi connectivity index (χ0) is 8.77.